The first-order valence-electron chi connectivity index (χ1n) is 5.77. The summed E-state index contributed by atoms with van der Waals surface area (Å²) in [5.41, 5.74) is -0.172. The van der Waals surface area contributed by atoms with Crippen LogP contribution in [-0.2, 0) is 11.2 Å². The van der Waals surface area contributed by atoms with Crippen molar-refractivity contribution >= 4 is 11.8 Å². The van der Waals surface area contributed by atoms with E-state index in [4.69, 9.17) is 4.52 Å². The van der Waals surface area contributed by atoms with E-state index in [2.05, 4.69) is 10.1 Å². The van der Waals surface area contributed by atoms with Crippen molar-refractivity contribution in [3.8, 4) is 0 Å². The number of halogens is 2. The number of rotatable bonds is 3. The van der Waals surface area contributed by atoms with Gasteiger partial charge in [0.05, 0.1) is 5.75 Å². The van der Waals surface area contributed by atoms with Gasteiger partial charge in [0, 0.05) is 10.3 Å². The van der Waals surface area contributed by atoms with Crippen LogP contribution in [0.25, 0.3) is 0 Å². The van der Waals surface area contributed by atoms with E-state index in [1.807, 2.05) is 20.8 Å². The Morgan fingerprint density at radius 3 is 2.53 bits per heavy atom. The van der Waals surface area contributed by atoms with Gasteiger partial charge in [-0.2, -0.15) is 4.98 Å². The summed E-state index contributed by atoms with van der Waals surface area (Å²) in [6.45, 7) is 5.97. The predicted molar refractivity (Wildman–Crippen MR) is 68.9 cm³/mol. The Kier molecular flexibility index (Phi) is 3.89. The van der Waals surface area contributed by atoms with Crippen molar-refractivity contribution in [3.63, 3.8) is 0 Å². The molecule has 0 amide bonds. The van der Waals surface area contributed by atoms with E-state index in [1.165, 1.54) is 17.8 Å². The van der Waals surface area contributed by atoms with Crippen LogP contribution in [0, 0.1) is 11.6 Å². The standard InChI is InChI=1S/C13H14F2N2OS/c1-13(2,3)12-16-11(18-17-12)7-19-8-4-5-9(14)10(15)6-8/h4-6H,7H2,1-3H3. The van der Waals surface area contributed by atoms with Gasteiger partial charge in [0.25, 0.3) is 0 Å². The lowest BCUT2D eigenvalue weighted by atomic mass is 9.96. The van der Waals surface area contributed by atoms with E-state index in [9.17, 15) is 8.78 Å². The first kappa shape index (κ1) is 14.0. The van der Waals surface area contributed by atoms with E-state index in [0.29, 0.717) is 22.4 Å². The number of thioether (sulfide) groups is 1. The Morgan fingerprint density at radius 1 is 1.21 bits per heavy atom. The maximum atomic E-state index is 13.0. The molecule has 2 rings (SSSR count). The second-order valence-electron chi connectivity index (χ2n) is 5.13. The molecule has 0 atom stereocenters. The van der Waals surface area contributed by atoms with Gasteiger partial charge in [0.15, 0.2) is 17.5 Å². The number of benzene rings is 1. The topological polar surface area (TPSA) is 38.9 Å². The van der Waals surface area contributed by atoms with Crippen LogP contribution in [0.4, 0.5) is 8.78 Å². The number of hydrogen-bond acceptors (Lipinski definition) is 4. The molecule has 0 radical (unpaired) electrons. The van der Waals surface area contributed by atoms with Crippen molar-refractivity contribution in [1.82, 2.24) is 10.1 Å². The van der Waals surface area contributed by atoms with Crippen LogP contribution < -0.4 is 0 Å². The molecule has 3 nitrogen and oxygen atoms in total. The highest BCUT2D eigenvalue weighted by atomic mass is 32.2. The largest absolute Gasteiger partial charge is 0.338 e. The molecule has 1 heterocycles. The Balaban J connectivity index is 2.02. The summed E-state index contributed by atoms with van der Waals surface area (Å²) in [5.74, 6) is -0.176. The summed E-state index contributed by atoms with van der Waals surface area (Å²) in [5, 5.41) is 3.90. The summed E-state index contributed by atoms with van der Waals surface area (Å²) in [4.78, 5) is 4.89. The predicted octanol–water partition coefficient (Wildman–Crippen LogP) is 3.94. The van der Waals surface area contributed by atoms with Crippen molar-refractivity contribution in [2.75, 3.05) is 0 Å². The smallest absolute Gasteiger partial charge is 0.237 e. The normalized spacial score (nSPS) is 11.8. The average molecular weight is 284 g/mol. The lowest BCUT2D eigenvalue weighted by Gasteiger charge is -2.10. The fourth-order valence-corrected chi connectivity index (χ4v) is 2.09. The van der Waals surface area contributed by atoms with Crippen LogP contribution >= 0.6 is 11.8 Å². The van der Waals surface area contributed by atoms with Crippen LogP contribution in [-0.4, -0.2) is 10.1 Å². The molecule has 0 aliphatic rings. The van der Waals surface area contributed by atoms with E-state index in [-0.39, 0.29) is 5.41 Å². The summed E-state index contributed by atoms with van der Waals surface area (Å²) < 4.78 is 30.9. The molecular formula is C13H14F2N2OS. The SMILES string of the molecule is CC(C)(C)c1noc(CSc2ccc(F)c(F)c2)n1. The van der Waals surface area contributed by atoms with Crippen molar-refractivity contribution in [2.24, 2.45) is 0 Å². The first-order chi connectivity index (χ1) is 8.86. The quantitative estimate of drug-likeness (QED) is 0.800. The van der Waals surface area contributed by atoms with Crippen LogP contribution in [0.15, 0.2) is 27.6 Å². The molecule has 1 aromatic carbocycles. The van der Waals surface area contributed by atoms with Gasteiger partial charge in [-0.1, -0.05) is 25.9 Å². The second-order valence-corrected chi connectivity index (χ2v) is 6.18. The molecule has 0 saturated heterocycles. The van der Waals surface area contributed by atoms with E-state index >= 15 is 0 Å². The summed E-state index contributed by atoms with van der Waals surface area (Å²) in [6, 6.07) is 3.78. The Bertz CT molecular complexity index is 578. The van der Waals surface area contributed by atoms with Crippen molar-refractivity contribution < 1.29 is 13.3 Å². The average Bonchev–Trinajstić information content (AvgIpc) is 2.79. The minimum atomic E-state index is -0.856. The monoisotopic (exact) mass is 284 g/mol. The molecule has 0 unspecified atom stereocenters. The number of hydrogen-bond donors (Lipinski definition) is 0. The van der Waals surface area contributed by atoms with Crippen molar-refractivity contribution in [2.45, 2.75) is 36.8 Å². The lowest BCUT2D eigenvalue weighted by molar-refractivity contribution is 0.373. The molecular weight excluding hydrogens is 270 g/mol. The number of nitrogens with zero attached hydrogens (tertiary/aromatic N) is 2. The molecule has 0 aliphatic carbocycles. The van der Waals surface area contributed by atoms with Gasteiger partial charge in [-0.25, -0.2) is 8.78 Å². The summed E-state index contributed by atoms with van der Waals surface area (Å²) in [7, 11) is 0. The summed E-state index contributed by atoms with van der Waals surface area (Å²) >= 11 is 1.32. The highest BCUT2D eigenvalue weighted by Gasteiger charge is 2.20. The Labute approximate surface area is 114 Å². The Morgan fingerprint density at radius 2 is 1.95 bits per heavy atom. The fraction of sp³-hybridized carbons (Fsp3) is 0.385. The van der Waals surface area contributed by atoms with Gasteiger partial charge in [-0.3, -0.25) is 0 Å². The Hall–Kier alpha value is -1.43. The molecule has 0 spiro atoms. The molecule has 0 saturated carbocycles. The molecule has 1 aromatic heterocycles. The molecule has 0 N–H and O–H groups in total. The molecule has 2 aromatic rings. The minimum absolute atomic E-state index is 0.172. The maximum absolute atomic E-state index is 13.0. The second kappa shape index (κ2) is 5.28. The highest BCUT2D eigenvalue weighted by Crippen LogP contribution is 2.25. The zero-order chi connectivity index (χ0) is 14.0. The zero-order valence-corrected chi connectivity index (χ0v) is 11.7. The van der Waals surface area contributed by atoms with Gasteiger partial charge in [-0.15, -0.1) is 11.8 Å². The molecule has 19 heavy (non-hydrogen) atoms. The molecule has 102 valence electrons. The van der Waals surface area contributed by atoms with Crippen LogP contribution in [0.2, 0.25) is 0 Å². The van der Waals surface area contributed by atoms with Gasteiger partial charge >= 0.3 is 0 Å². The highest BCUT2D eigenvalue weighted by molar-refractivity contribution is 7.98. The molecule has 0 aliphatic heterocycles. The molecule has 0 bridgehead atoms. The van der Waals surface area contributed by atoms with Crippen LogP contribution in [0.3, 0.4) is 0 Å². The molecule has 0 fully saturated rings. The van der Waals surface area contributed by atoms with E-state index < -0.39 is 11.6 Å². The van der Waals surface area contributed by atoms with Gasteiger partial charge in [0.2, 0.25) is 5.89 Å². The number of aromatic nitrogens is 2. The third-order valence-electron chi connectivity index (χ3n) is 2.39. The third-order valence-corrected chi connectivity index (χ3v) is 3.37. The minimum Gasteiger partial charge on any atom is -0.338 e. The van der Waals surface area contributed by atoms with Gasteiger partial charge in [0.1, 0.15) is 0 Å². The summed E-state index contributed by atoms with van der Waals surface area (Å²) in [6.07, 6.45) is 0. The van der Waals surface area contributed by atoms with Gasteiger partial charge < -0.3 is 4.52 Å². The van der Waals surface area contributed by atoms with Crippen molar-refractivity contribution in [1.29, 1.82) is 0 Å². The lowest BCUT2D eigenvalue weighted by Crippen LogP contribution is -2.13. The van der Waals surface area contributed by atoms with E-state index in [1.54, 1.807) is 0 Å². The first-order valence-corrected chi connectivity index (χ1v) is 6.76. The zero-order valence-electron chi connectivity index (χ0n) is 10.9. The molecule has 6 heteroatoms. The van der Waals surface area contributed by atoms with Crippen molar-refractivity contribution in [3.05, 3.63) is 41.5 Å². The van der Waals surface area contributed by atoms with Gasteiger partial charge in [-0.05, 0) is 18.2 Å². The van der Waals surface area contributed by atoms with Crippen LogP contribution in [0.1, 0.15) is 32.5 Å². The van der Waals surface area contributed by atoms with Crippen LogP contribution in [0.5, 0.6) is 0 Å². The third kappa shape index (κ3) is 3.53. The van der Waals surface area contributed by atoms with E-state index in [0.717, 1.165) is 12.1 Å². The fourth-order valence-electron chi connectivity index (χ4n) is 1.33. The maximum Gasteiger partial charge on any atom is 0.237 e.